The Labute approximate surface area is 101 Å². The largest absolute Gasteiger partial charge is 0.340 e. The zero-order chi connectivity index (χ0) is 12.4. The Kier molecular flexibility index (Phi) is 9.30. The summed E-state index contributed by atoms with van der Waals surface area (Å²) >= 11 is 0. The lowest BCUT2D eigenvalue weighted by molar-refractivity contribution is -0.133. The molecule has 0 aliphatic rings. The average molecular weight is 228 g/mol. The van der Waals surface area contributed by atoms with Crippen LogP contribution in [0, 0.1) is 0 Å². The molecule has 1 amide bonds. The molecule has 3 heteroatoms. The number of hydrogen-bond donors (Lipinski definition) is 1. The highest BCUT2D eigenvalue weighted by molar-refractivity contribution is 5.76. The summed E-state index contributed by atoms with van der Waals surface area (Å²) in [6.45, 7) is 8.23. The van der Waals surface area contributed by atoms with Gasteiger partial charge in [-0.2, -0.15) is 0 Å². The van der Waals surface area contributed by atoms with E-state index in [-0.39, 0.29) is 0 Å². The minimum atomic E-state index is 0.307. The first-order chi connectivity index (χ1) is 7.63. The molecule has 0 saturated heterocycles. The predicted molar refractivity (Wildman–Crippen MR) is 69.5 cm³/mol. The van der Waals surface area contributed by atoms with Crippen molar-refractivity contribution in [2.45, 2.75) is 58.9 Å². The van der Waals surface area contributed by atoms with Crippen molar-refractivity contribution in [3.05, 3.63) is 0 Å². The molecule has 0 atom stereocenters. The number of carbonyl (C=O) groups excluding carboxylic acids is 1. The lowest BCUT2D eigenvalue weighted by Crippen LogP contribution is -2.37. The van der Waals surface area contributed by atoms with Crippen molar-refractivity contribution in [2.24, 2.45) is 0 Å². The van der Waals surface area contributed by atoms with Gasteiger partial charge in [0.15, 0.2) is 0 Å². The van der Waals surface area contributed by atoms with E-state index in [0.717, 1.165) is 25.9 Å². The molecule has 16 heavy (non-hydrogen) atoms. The summed E-state index contributed by atoms with van der Waals surface area (Å²) in [7, 11) is 1.92. The molecule has 0 aromatic rings. The van der Waals surface area contributed by atoms with Crippen molar-refractivity contribution in [3.63, 3.8) is 0 Å². The molecule has 1 N–H and O–H groups in total. The normalized spacial score (nSPS) is 10.8. The predicted octanol–water partition coefficient (Wildman–Crippen LogP) is 2.41. The van der Waals surface area contributed by atoms with Crippen LogP contribution in [0.15, 0.2) is 0 Å². The molecule has 3 nitrogen and oxygen atoms in total. The van der Waals surface area contributed by atoms with Gasteiger partial charge in [-0.05, 0) is 40.3 Å². The summed E-state index contributed by atoms with van der Waals surface area (Å²) in [5.41, 5.74) is 0. The van der Waals surface area contributed by atoms with Gasteiger partial charge >= 0.3 is 0 Å². The Morgan fingerprint density at radius 3 is 2.44 bits per heavy atom. The molecule has 96 valence electrons. The second-order valence-corrected chi connectivity index (χ2v) is 4.60. The van der Waals surface area contributed by atoms with Crippen LogP contribution in [0.2, 0.25) is 0 Å². The molecule has 0 aromatic carbocycles. The van der Waals surface area contributed by atoms with Crippen molar-refractivity contribution in [1.29, 1.82) is 0 Å². The van der Waals surface area contributed by atoms with Gasteiger partial charge in [-0.15, -0.1) is 0 Å². The third kappa shape index (κ3) is 6.83. The average Bonchev–Trinajstić information content (AvgIpc) is 2.24. The van der Waals surface area contributed by atoms with Gasteiger partial charge in [0.2, 0.25) is 5.91 Å². The maximum absolute atomic E-state index is 12.0. The summed E-state index contributed by atoms with van der Waals surface area (Å²) in [5.74, 6) is 0.307. The molecular formula is C13H28N2O. The van der Waals surface area contributed by atoms with Crippen molar-refractivity contribution < 1.29 is 4.79 Å². The van der Waals surface area contributed by atoms with Crippen LogP contribution in [0.25, 0.3) is 0 Å². The van der Waals surface area contributed by atoms with Gasteiger partial charge in [0.25, 0.3) is 0 Å². The van der Waals surface area contributed by atoms with Crippen LogP contribution in [0.4, 0.5) is 0 Å². The summed E-state index contributed by atoms with van der Waals surface area (Å²) in [6.07, 6.45) is 5.16. The number of nitrogens with zero attached hydrogens (tertiary/aromatic N) is 1. The van der Waals surface area contributed by atoms with Crippen LogP contribution in [0.5, 0.6) is 0 Å². The van der Waals surface area contributed by atoms with E-state index in [2.05, 4.69) is 26.1 Å². The lowest BCUT2D eigenvalue weighted by Gasteiger charge is -2.27. The van der Waals surface area contributed by atoms with E-state index < -0.39 is 0 Å². The zero-order valence-corrected chi connectivity index (χ0v) is 11.4. The van der Waals surface area contributed by atoms with Gasteiger partial charge in [0.05, 0.1) is 0 Å². The SMILES string of the molecule is CCCCCN(C(=O)CCCNC)C(C)C. The summed E-state index contributed by atoms with van der Waals surface area (Å²) in [5, 5.41) is 3.07. The van der Waals surface area contributed by atoms with E-state index >= 15 is 0 Å². The standard InChI is InChI=1S/C13H28N2O/c1-5-6-7-11-15(12(2)3)13(16)9-8-10-14-4/h12,14H,5-11H2,1-4H3. The van der Waals surface area contributed by atoms with E-state index in [1.54, 1.807) is 0 Å². The summed E-state index contributed by atoms with van der Waals surface area (Å²) < 4.78 is 0. The van der Waals surface area contributed by atoms with Gasteiger partial charge in [-0.25, -0.2) is 0 Å². The zero-order valence-electron chi connectivity index (χ0n) is 11.4. The molecule has 0 aliphatic heterocycles. The van der Waals surface area contributed by atoms with E-state index in [1.165, 1.54) is 12.8 Å². The molecule has 0 bridgehead atoms. The highest BCUT2D eigenvalue weighted by Gasteiger charge is 2.15. The molecule has 0 spiro atoms. The number of nitrogens with one attached hydrogen (secondary N) is 1. The van der Waals surface area contributed by atoms with Crippen LogP contribution < -0.4 is 5.32 Å². The molecule has 0 unspecified atom stereocenters. The molecular weight excluding hydrogens is 200 g/mol. The van der Waals surface area contributed by atoms with Gasteiger partial charge in [-0.3, -0.25) is 4.79 Å². The number of hydrogen-bond acceptors (Lipinski definition) is 2. The fourth-order valence-corrected chi connectivity index (χ4v) is 1.76. The molecule has 0 heterocycles. The molecule has 0 saturated carbocycles. The van der Waals surface area contributed by atoms with Crippen molar-refractivity contribution in [2.75, 3.05) is 20.1 Å². The Bertz CT molecular complexity index is 181. The Morgan fingerprint density at radius 2 is 1.94 bits per heavy atom. The van der Waals surface area contributed by atoms with E-state index in [1.807, 2.05) is 11.9 Å². The second kappa shape index (κ2) is 9.64. The first kappa shape index (κ1) is 15.4. The monoisotopic (exact) mass is 228 g/mol. The van der Waals surface area contributed by atoms with Crippen LogP contribution in [-0.2, 0) is 4.79 Å². The van der Waals surface area contributed by atoms with Crippen LogP contribution in [0.3, 0.4) is 0 Å². The Hall–Kier alpha value is -0.570. The van der Waals surface area contributed by atoms with Crippen molar-refractivity contribution in [3.8, 4) is 0 Å². The third-order valence-corrected chi connectivity index (χ3v) is 2.76. The molecule has 0 rings (SSSR count). The first-order valence-electron chi connectivity index (χ1n) is 6.57. The van der Waals surface area contributed by atoms with Gasteiger partial charge < -0.3 is 10.2 Å². The quantitative estimate of drug-likeness (QED) is 0.615. The van der Waals surface area contributed by atoms with E-state index in [4.69, 9.17) is 0 Å². The minimum Gasteiger partial charge on any atom is -0.340 e. The number of carbonyl (C=O) groups is 1. The lowest BCUT2D eigenvalue weighted by atomic mass is 10.2. The number of amides is 1. The van der Waals surface area contributed by atoms with Crippen molar-refractivity contribution >= 4 is 5.91 Å². The third-order valence-electron chi connectivity index (χ3n) is 2.76. The summed E-state index contributed by atoms with van der Waals surface area (Å²) in [6, 6.07) is 0.332. The number of unbranched alkanes of at least 4 members (excludes halogenated alkanes) is 2. The maximum atomic E-state index is 12.0. The Balaban J connectivity index is 3.93. The maximum Gasteiger partial charge on any atom is 0.222 e. The topological polar surface area (TPSA) is 32.3 Å². The van der Waals surface area contributed by atoms with E-state index in [9.17, 15) is 4.79 Å². The minimum absolute atomic E-state index is 0.307. The highest BCUT2D eigenvalue weighted by Crippen LogP contribution is 2.06. The number of rotatable bonds is 9. The van der Waals surface area contributed by atoms with Gasteiger partial charge in [0.1, 0.15) is 0 Å². The highest BCUT2D eigenvalue weighted by atomic mass is 16.2. The molecule has 0 fully saturated rings. The van der Waals surface area contributed by atoms with Crippen LogP contribution in [0.1, 0.15) is 52.9 Å². The second-order valence-electron chi connectivity index (χ2n) is 4.60. The summed E-state index contributed by atoms with van der Waals surface area (Å²) in [4.78, 5) is 14.0. The van der Waals surface area contributed by atoms with Crippen LogP contribution >= 0.6 is 0 Å². The fourth-order valence-electron chi connectivity index (χ4n) is 1.76. The smallest absolute Gasteiger partial charge is 0.222 e. The fraction of sp³-hybridized carbons (Fsp3) is 0.923. The van der Waals surface area contributed by atoms with Crippen LogP contribution in [-0.4, -0.2) is 37.0 Å². The molecule has 0 aliphatic carbocycles. The van der Waals surface area contributed by atoms with Gasteiger partial charge in [-0.1, -0.05) is 19.8 Å². The Morgan fingerprint density at radius 1 is 1.25 bits per heavy atom. The molecule has 0 aromatic heterocycles. The van der Waals surface area contributed by atoms with Crippen molar-refractivity contribution in [1.82, 2.24) is 10.2 Å². The van der Waals surface area contributed by atoms with Gasteiger partial charge in [0, 0.05) is 19.0 Å². The first-order valence-corrected chi connectivity index (χ1v) is 6.57. The molecule has 0 radical (unpaired) electrons. The van der Waals surface area contributed by atoms with E-state index in [0.29, 0.717) is 18.4 Å².